The SMILES string of the molecule is CC(C)CC(CN(C)C)NC(C)c1ccc2c(c1)CCC2. The summed E-state index contributed by atoms with van der Waals surface area (Å²) in [6.45, 7) is 8.03. The van der Waals surface area contributed by atoms with Crippen LogP contribution in [0, 0.1) is 5.92 Å². The van der Waals surface area contributed by atoms with E-state index in [-0.39, 0.29) is 0 Å². The van der Waals surface area contributed by atoms with E-state index < -0.39 is 0 Å². The van der Waals surface area contributed by atoms with Crippen molar-refractivity contribution in [1.82, 2.24) is 10.2 Å². The molecule has 0 fully saturated rings. The van der Waals surface area contributed by atoms with Crippen LogP contribution >= 0.6 is 0 Å². The Morgan fingerprint density at radius 1 is 1.10 bits per heavy atom. The monoisotopic (exact) mass is 288 g/mol. The highest BCUT2D eigenvalue weighted by molar-refractivity contribution is 5.36. The third kappa shape index (κ3) is 4.82. The Labute approximate surface area is 130 Å². The van der Waals surface area contributed by atoms with Gasteiger partial charge >= 0.3 is 0 Å². The third-order valence-electron chi connectivity index (χ3n) is 4.45. The lowest BCUT2D eigenvalue weighted by atomic mass is 9.99. The topological polar surface area (TPSA) is 15.3 Å². The summed E-state index contributed by atoms with van der Waals surface area (Å²) in [5.74, 6) is 0.731. The van der Waals surface area contributed by atoms with Crippen molar-refractivity contribution in [2.24, 2.45) is 5.92 Å². The van der Waals surface area contributed by atoms with Crippen molar-refractivity contribution >= 4 is 0 Å². The highest BCUT2D eigenvalue weighted by atomic mass is 15.1. The van der Waals surface area contributed by atoms with Crippen LogP contribution in [-0.4, -0.2) is 31.6 Å². The van der Waals surface area contributed by atoms with Crippen LogP contribution in [0.1, 0.15) is 56.3 Å². The molecule has 2 unspecified atom stereocenters. The van der Waals surface area contributed by atoms with Crippen LogP contribution in [0.5, 0.6) is 0 Å². The van der Waals surface area contributed by atoms with Gasteiger partial charge in [-0.15, -0.1) is 0 Å². The Hall–Kier alpha value is -0.860. The first-order valence-electron chi connectivity index (χ1n) is 8.48. The van der Waals surface area contributed by atoms with E-state index in [0.29, 0.717) is 12.1 Å². The van der Waals surface area contributed by atoms with Gasteiger partial charge in [0, 0.05) is 18.6 Å². The molecule has 0 heterocycles. The molecule has 0 bridgehead atoms. The summed E-state index contributed by atoms with van der Waals surface area (Å²) in [5, 5.41) is 3.85. The number of hydrogen-bond donors (Lipinski definition) is 1. The zero-order chi connectivity index (χ0) is 15.4. The highest BCUT2D eigenvalue weighted by Crippen LogP contribution is 2.25. The standard InChI is InChI=1S/C19H32N2/c1-14(2)11-19(13-21(4)5)20-15(3)17-10-9-16-7-6-8-18(16)12-17/h9-10,12,14-15,19-20H,6-8,11,13H2,1-5H3. The number of nitrogens with zero attached hydrogens (tertiary/aromatic N) is 1. The van der Waals surface area contributed by atoms with Gasteiger partial charge in [0.1, 0.15) is 0 Å². The molecule has 0 spiro atoms. The van der Waals surface area contributed by atoms with E-state index >= 15 is 0 Å². The van der Waals surface area contributed by atoms with Gasteiger partial charge in [0.05, 0.1) is 0 Å². The van der Waals surface area contributed by atoms with Gasteiger partial charge < -0.3 is 10.2 Å². The molecule has 0 aromatic heterocycles. The van der Waals surface area contributed by atoms with Crippen molar-refractivity contribution in [3.8, 4) is 0 Å². The quantitative estimate of drug-likeness (QED) is 0.821. The lowest BCUT2D eigenvalue weighted by Crippen LogP contribution is -2.40. The van der Waals surface area contributed by atoms with E-state index in [0.717, 1.165) is 12.5 Å². The summed E-state index contributed by atoms with van der Waals surface area (Å²) in [7, 11) is 4.32. The Bertz CT molecular complexity index is 441. The van der Waals surface area contributed by atoms with Crippen molar-refractivity contribution in [3.63, 3.8) is 0 Å². The minimum Gasteiger partial charge on any atom is -0.308 e. The molecule has 0 saturated heterocycles. The molecule has 0 aliphatic heterocycles. The zero-order valence-electron chi connectivity index (χ0n) is 14.4. The molecule has 0 radical (unpaired) electrons. The molecule has 1 aromatic carbocycles. The summed E-state index contributed by atoms with van der Waals surface area (Å²) >= 11 is 0. The Morgan fingerprint density at radius 3 is 2.48 bits per heavy atom. The number of aryl methyl sites for hydroxylation is 2. The average molecular weight is 288 g/mol. The van der Waals surface area contributed by atoms with E-state index in [1.807, 2.05) is 0 Å². The smallest absolute Gasteiger partial charge is 0.0294 e. The zero-order valence-corrected chi connectivity index (χ0v) is 14.4. The van der Waals surface area contributed by atoms with Crippen molar-refractivity contribution in [1.29, 1.82) is 0 Å². The fraction of sp³-hybridized carbons (Fsp3) is 0.684. The molecule has 2 rings (SSSR count). The third-order valence-corrected chi connectivity index (χ3v) is 4.45. The first kappa shape index (κ1) is 16.5. The molecule has 2 atom stereocenters. The molecule has 21 heavy (non-hydrogen) atoms. The Balaban J connectivity index is 2.02. The van der Waals surface area contributed by atoms with Crippen LogP contribution in [0.4, 0.5) is 0 Å². The second kappa shape index (κ2) is 7.42. The molecule has 0 amide bonds. The summed E-state index contributed by atoms with van der Waals surface area (Å²) in [5.41, 5.74) is 4.59. The average Bonchev–Trinajstić information content (AvgIpc) is 2.83. The fourth-order valence-corrected chi connectivity index (χ4v) is 3.52. The summed E-state index contributed by atoms with van der Waals surface area (Å²) in [6, 6.07) is 8.09. The van der Waals surface area contributed by atoms with Gasteiger partial charge in [-0.05, 0) is 69.3 Å². The lowest BCUT2D eigenvalue weighted by molar-refractivity contribution is 0.291. The van der Waals surface area contributed by atoms with Crippen molar-refractivity contribution in [2.75, 3.05) is 20.6 Å². The van der Waals surface area contributed by atoms with E-state index in [2.05, 4.69) is 63.3 Å². The Morgan fingerprint density at radius 2 is 1.81 bits per heavy atom. The van der Waals surface area contributed by atoms with Gasteiger partial charge in [-0.1, -0.05) is 32.0 Å². The van der Waals surface area contributed by atoms with Gasteiger partial charge in [0.15, 0.2) is 0 Å². The first-order valence-corrected chi connectivity index (χ1v) is 8.48. The highest BCUT2D eigenvalue weighted by Gasteiger charge is 2.17. The minimum atomic E-state index is 0.430. The van der Waals surface area contributed by atoms with Crippen molar-refractivity contribution < 1.29 is 0 Å². The second-order valence-corrected chi connectivity index (χ2v) is 7.36. The molecule has 118 valence electrons. The fourth-order valence-electron chi connectivity index (χ4n) is 3.52. The second-order valence-electron chi connectivity index (χ2n) is 7.36. The number of hydrogen-bond acceptors (Lipinski definition) is 2. The number of fused-ring (bicyclic) bond motifs is 1. The number of benzene rings is 1. The summed E-state index contributed by atoms with van der Waals surface area (Å²) in [6.07, 6.45) is 5.10. The van der Waals surface area contributed by atoms with Gasteiger partial charge in [0.2, 0.25) is 0 Å². The van der Waals surface area contributed by atoms with E-state index in [4.69, 9.17) is 0 Å². The van der Waals surface area contributed by atoms with Crippen LogP contribution < -0.4 is 5.32 Å². The maximum atomic E-state index is 3.85. The van der Waals surface area contributed by atoms with Crippen LogP contribution in [0.25, 0.3) is 0 Å². The molecule has 1 N–H and O–H groups in total. The van der Waals surface area contributed by atoms with Crippen LogP contribution in [0.2, 0.25) is 0 Å². The molecule has 1 aliphatic carbocycles. The molecule has 2 heteroatoms. The maximum absolute atomic E-state index is 3.85. The van der Waals surface area contributed by atoms with E-state index in [9.17, 15) is 0 Å². The molecule has 1 aliphatic rings. The van der Waals surface area contributed by atoms with Gasteiger partial charge in [-0.25, -0.2) is 0 Å². The van der Waals surface area contributed by atoms with E-state index in [1.165, 1.54) is 31.2 Å². The van der Waals surface area contributed by atoms with Gasteiger partial charge in [0.25, 0.3) is 0 Å². The maximum Gasteiger partial charge on any atom is 0.0294 e. The van der Waals surface area contributed by atoms with Gasteiger partial charge in [-0.3, -0.25) is 0 Å². The van der Waals surface area contributed by atoms with E-state index in [1.54, 1.807) is 11.1 Å². The first-order chi connectivity index (χ1) is 9.95. The van der Waals surface area contributed by atoms with Crippen molar-refractivity contribution in [2.45, 2.75) is 58.5 Å². The molecule has 2 nitrogen and oxygen atoms in total. The predicted octanol–water partition coefficient (Wildman–Crippen LogP) is 3.80. The molecule has 0 saturated carbocycles. The predicted molar refractivity (Wildman–Crippen MR) is 91.8 cm³/mol. The molecule has 1 aromatic rings. The van der Waals surface area contributed by atoms with Gasteiger partial charge in [-0.2, -0.15) is 0 Å². The number of nitrogens with one attached hydrogen (secondary N) is 1. The normalized spacial score (nSPS) is 17.3. The summed E-state index contributed by atoms with van der Waals surface area (Å²) in [4.78, 5) is 2.29. The lowest BCUT2D eigenvalue weighted by Gasteiger charge is -2.28. The van der Waals surface area contributed by atoms with Crippen LogP contribution in [0.3, 0.4) is 0 Å². The van der Waals surface area contributed by atoms with Crippen LogP contribution in [0.15, 0.2) is 18.2 Å². The van der Waals surface area contributed by atoms with Crippen molar-refractivity contribution in [3.05, 3.63) is 34.9 Å². The minimum absolute atomic E-state index is 0.430. The van der Waals surface area contributed by atoms with Crippen LogP contribution in [-0.2, 0) is 12.8 Å². The summed E-state index contributed by atoms with van der Waals surface area (Å²) < 4.78 is 0. The molecular formula is C19H32N2. The molecular weight excluding hydrogens is 256 g/mol. The number of rotatable bonds is 7. The number of likely N-dealkylation sites (N-methyl/N-ethyl adjacent to an activating group) is 1. The Kier molecular flexibility index (Phi) is 5.83. The largest absolute Gasteiger partial charge is 0.308 e.